The molecule has 29 heavy (non-hydrogen) atoms. The molecule has 0 fully saturated rings. The van der Waals surface area contributed by atoms with Gasteiger partial charge in [-0.15, -0.1) is 0 Å². The molecule has 2 aromatic rings. The minimum Gasteiger partial charge on any atom is -0.497 e. The predicted molar refractivity (Wildman–Crippen MR) is 108 cm³/mol. The number of carbonyl (C=O) groups is 2. The average molecular weight is 410 g/mol. The van der Waals surface area contributed by atoms with E-state index in [2.05, 4.69) is 0 Å². The number of nitrogens with zero attached hydrogens (tertiary/aromatic N) is 2. The van der Waals surface area contributed by atoms with E-state index < -0.39 is 18.4 Å². The number of thioether (sulfide) groups is 1. The first kappa shape index (κ1) is 20.3. The molecule has 8 heteroatoms. The molecule has 0 atom stereocenters. The Morgan fingerprint density at radius 1 is 1.10 bits per heavy atom. The second kappa shape index (κ2) is 8.71. The van der Waals surface area contributed by atoms with Gasteiger partial charge in [0.2, 0.25) is 5.78 Å². The van der Waals surface area contributed by atoms with Gasteiger partial charge in [0.25, 0.3) is 0 Å². The molecule has 2 aromatic carbocycles. The van der Waals surface area contributed by atoms with Crippen LogP contribution in [-0.4, -0.2) is 39.6 Å². The number of hydrogen-bond acceptors (Lipinski definition) is 8. The van der Waals surface area contributed by atoms with Gasteiger partial charge in [0, 0.05) is 18.0 Å². The summed E-state index contributed by atoms with van der Waals surface area (Å²) in [6, 6.07) is 14.1. The second-order valence-corrected chi connectivity index (χ2v) is 7.05. The molecule has 3 rings (SSSR count). The van der Waals surface area contributed by atoms with Crippen molar-refractivity contribution in [1.29, 1.82) is 5.26 Å². The van der Waals surface area contributed by atoms with Crippen LogP contribution in [0.15, 0.2) is 58.0 Å². The van der Waals surface area contributed by atoms with Crippen LogP contribution in [0.25, 0.3) is 0 Å². The van der Waals surface area contributed by atoms with Gasteiger partial charge in [0.05, 0.1) is 25.5 Å². The van der Waals surface area contributed by atoms with Crippen LogP contribution in [0, 0.1) is 11.3 Å². The van der Waals surface area contributed by atoms with E-state index in [-0.39, 0.29) is 11.1 Å². The molecule has 1 aliphatic rings. The maximum Gasteiger partial charge on any atom is 0.338 e. The Morgan fingerprint density at radius 2 is 1.76 bits per heavy atom. The largest absolute Gasteiger partial charge is 0.497 e. The first-order valence-corrected chi connectivity index (χ1v) is 9.38. The van der Waals surface area contributed by atoms with Gasteiger partial charge in [-0.05, 0) is 24.3 Å². The van der Waals surface area contributed by atoms with Gasteiger partial charge >= 0.3 is 5.97 Å². The van der Waals surface area contributed by atoms with E-state index in [1.165, 1.54) is 38.1 Å². The molecule has 0 aliphatic carbocycles. The molecule has 0 unspecified atom stereocenters. The number of rotatable bonds is 6. The van der Waals surface area contributed by atoms with Gasteiger partial charge in [-0.3, -0.25) is 4.79 Å². The summed E-state index contributed by atoms with van der Waals surface area (Å²) >= 11 is 1.33. The summed E-state index contributed by atoms with van der Waals surface area (Å²) in [5, 5.41) is 10.0. The summed E-state index contributed by atoms with van der Waals surface area (Å²) in [5.41, 5.74) is 1.04. The lowest BCUT2D eigenvalue weighted by Crippen LogP contribution is -2.20. The molecule has 0 radical (unpaired) electrons. The van der Waals surface area contributed by atoms with Crippen LogP contribution in [0.3, 0.4) is 0 Å². The van der Waals surface area contributed by atoms with Gasteiger partial charge in [-0.25, -0.2) is 4.79 Å². The molecule has 0 saturated heterocycles. The lowest BCUT2D eigenvalue weighted by atomic mass is 10.2. The van der Waals surface area contributed by atoms with Crippen LogP contribution in [-0.2, 0) is 9.53 Å². The van der Waals surface area contributed by atoms with Gasteiger partial charge in [-0.1, -0.05) is 23.9 Å². The minimum atomic E-state index is -0.714. The summed E-state index contributed by atoms with van der Waals surface area (Å²) < 4.78 is 15.4. The van der Waals surface area contributed by atoms with Crippen LogP contribution in [0.1, 0.15) is 10.4 Å². The highest BCUT2D eigenvalue weighted by atomic mass is 32.2. The molecule has 148 valence electrons. The molecular weight excluding hydrogens is 392 g/mol. The van der Waals surface area contributed by atoms with Crippen LogP contribution in [0.5, 0.6) is 11.5 Å². The number of fused-ring (bicyclic) bond motifs is 1. The Morgan fingerprint density at radius 3 is 2.34 bits per heavy atom. The normalized spacial score (nSPS) is 13.9. The van der Waals surface area contributed by atoms with Crippen LogP contribution < -0.4 is 14.4 Å². The quantitative estimate of drug-likeness (QED) is 0.407. The summed E-state index contributed by atoms with van der Waals surface area (Å²) in [5.74, 6) is -0.445. The van der Waals surface area contributed by atoms with E-state index >= 15 is 0 Å². The predicted octanol–water partition coefficient (Wildman–Crippen LogP) is 3.41. The van der Waals surface area contributed by atoms with E-state index in [0.717, 1.165) is 10.6 Å². The zero-order valence-electron chi connectivity index (χ0n) is 16.1. The molecule has 7 nitrogen and oxygen atoms in total. The lowest BCUT2D eigenvalue weighted by molar-refractivity contribution is -0.118. The summed E-state index contributed by atoms with van der Waals surface area (Å²) in [7, 11) is 4.71. The van der Waals surface area contributed by atoms with Gasteiger partial charge in [0.15, 0.2) is 6.61 Å². The van der Waals surface area contributed by atoms with E-state index in [1.807, 2.05) is 30.3 Å². The Hall–Kier alpha value is -3.44. The van der Waals surface area contributed by atoms with Crippen molar-refractivity contribution in [3.8, 4) is 17.6 Å². The van der Waals surface area contributed by atoms with Crippen molar-refractivity contribution in [1.82, 2.24) is 0 Å². The zero-order chi connectivity index (χ0) is 21.0. The van der Waals surface area contributed by atoms with Gasteiger partial charge in [0.1, 0.15) is 28.2 Å². The van der Waals surface area contributed by atoms with Crippen LogP contribution in [0.4, 0.5) is 5.69 Å². The van der Waals surface area contributed by atoms with Crippen molar-refractivity contribution in [3.63, 3.8) is 0 Å². The maximum atomic E-state index is 12.6. The molecule has 1 heterocycles. The van der Waals surface area contributed by atoms with Gasteiger partial charge in [-0.2, -0.15) is 5.26 Å². The fourth-order valence-corrected chi connectivity index (χ4v) is 3.92. The number of carbonyl (C=O) groups excluding carboxylic acids is 2. The highest BCUT2D eigenvalue weighted by Crippen LogP contribution is 2.46. The first-order valence-electron chi connectivity index (χ1n) is 8.57. The number of hydrogen-bond donors (Lipinski definition) is 0. The second-order valence-electron chi connectivity index (χ2n) is 6.02. The van der Waals surface area contributed by atoms with Crippen molar-refractivity contribution in [2.24, 2.45) is 0 Å². The molecule has 0 saturated carbocycles. The van der Waals surface area contributed by atoms with Crippen LogP contribution >= 0.6 is 11.8 Å². The maximum absolute atomic E-state index is 12.6. The highest BCUT2D eigenvalue weighted by Gasteiger charge is 2.28. The van der Waals surface area contributed by atoms with E-state index in [4.69, 9.17) is 14.2 Å². The molecular formula is C21H18N2O5S. The van der Waals surface area contributed by atoms with Crippen molar-refractivity contribution < 1.29 is 23.8 Å². The van der Waals surface area contributed by atoms with Gasteiger partial charge < -0.3 is 19.1 Å². The van der Waals surface area contributed by atoms with Crippen LogP contribution in [0.2, 0.25) is 0 Å². The SMILES string of the molecule is COc1cc(OC)cc(C(=O)OCC(=O)/C(C#N)=C2\Sc3ccccc3N2C)c1. The Kier molecular flexibility index (Phi) is 6.10. The summed E-state index contributed by atoms with van der Waals surface area (Å²) in [6.45, 7) is -0.546. The third-order valence-corrected chi connectivity index (χ3v) is 5.50. The van der Waals surface area contributed by atoms with Crippen molar-refractivity contribution in [3.05, 3.63) is 58.6 Å². The number of Topliss-reactive ketones (excluding diaryl/α,β-unsaturated/α-hetero) is 1. The molecule has 1 aliphatic heterocycles. The highest BCUT2D eigenvalue weighted by molar-refractivity contribution is 8.03. The third kappa shape index (κ3) is 4.20. The standard InChI is InChI=1S/C21H18N2O5S/c1-23-17-6-4-5-7-19(17)29-20(23)16(11-22)18(24)12-28-21(25)13-8-14(26-2)10-15(9-13)27-3/h4-10H,12H2,1-3H3/b20-16-. The molecule has 0 amide bonds. The smallest absolute Gasteiger partial charge is 0.338 e. The topological polar surface area (TPSA) is 88.9 Å². The molecule has 0 N–H and O–H groups in total. The number of benzene rings is 2. The average Bonchev–Trinajstić information content (AvgIpc) is 3.08. The number of ketones is 1. The minimum absolute atomic E-state index is 0.0512. The van der Waals surface area contributed by atoms with Crippen molar-refractivity contribution in [2.75, 3.05) is 32.8 Å². The van der Waals surface area contributed by atoms with E-state index in [1.54, 1.807) is 18.0 Å². The zero-order valence-corrected chi connectivity index (χ0v) is 16.9. The summed E-state index contributed by atoms with van der Waals surface area (Å²) in [6.07, 6.45) is 0. The Bertz CT molecular complexity index is 1020. The number of methoxy groups -OCH3 is 2. The van der Waals surface area contributed by atoms with E-state index in [9.17, 15) is 14.9 Å². The number of anilines is 1. The van der Waals surface area contributed by atoms with Crippen molar-refractivity contribution in [2.45, 2.75) is 4.90 Å². The fraction of sp³-hybridized carbons (Fsp3) is 0.190. The monoisotopic (exact) mass is 410 g/mol. The third-order valence-electron chi connectivity index (χ3n) is 4.26. The number of para-hydroxylation sites is 1. The number of ether oxygens (including phenoxy) is 3. The molecule has 0 aromatic heterocycles. The van der Waals surface area contributed by atoms with E-state index in [0.29, 0.717) is 16.5 Å². The lowest BCUT2D eigenvalue weighted by Gasteiger charge is -2.14. The molecule has 0 bridgehead atoms. The first-order chi connectivity index (χ1) is 14.0. The summed E-state index contributed by atoms with van der Waals surface area (Å²) in [4.78, 5) is 27.7. The fourth-order valence-electron chi connectivity index (χ4n) is 2.76. The molecule has 0 spiro atoms. The Labute approximate surface area is 172 Å². The Balaban J connectivity index is 1.75. The number of esters is 1. The number of nitriles is 1. The van der Waals surface area contributed by atoms with Crippen molar-refractivity contribution >= 4 is 29.2 Å².